The molecule has 178 valence electrons. The highest BCUT2D eigenvalue weighted by Crippen LogP contribution is 2.04. The Morgan fingerprint density at radius 2 is 1.35 bits per heavy atom. The molecule has 0 bridgehead atoms. The van der Waals surface area contributed by atoms with E-state index in [1.54, 1.807) is 13.8 Å². The molecule has 0 aromatic heterocycles. The van der Waals surface area contributed by atoms with Gasteiger partial charge in [-0.05, 0) is 18.8 Å². The summed E-state index contributed by atoms with van der Waals surface area (Å²) in [6, 6.07) is -5.14. The van der Waals surface area contributed by atoms with Crippen molar-refractivity contribution in [1.29, 1.82) is 0 Å². The molecule has 31 heavy (non-hydrogen) atoms. The Morgan fingerprint density at radius 1 is 0.871 bits per heavy atom. The molecule has 14 heteroatoms. The van der Waals surface area contributed by atoms with Crippen LogP contribution in [0.25, 0.3) is 0 Å². The lowest BCUT2D eigenvalue weighted by Gasteiger charge is -2.24. The number of carboxylic acid groups (broad SMARTS) is 1. The molecule has 4 unspecified atom stereocenters. The number of aliphatic carboxylic acids is 1. The van der Waals surface area contributed by atoms with Crippen LogP contribution in [0.5, 0.6) is 0 Å². The lowest BCUT2D eigenvalue weighted by Crippen LogP contribution is -2.58. The fraction of sp³-hybridized carbons (Fsp3) is 0.706. The molecule has 0 saturated heterocycles. The van der Waals surface area contributed by atoms with Gasteiger partial charge >= 0.3 is 5.97 Å². The van der Waals surface area contributed by atoms with E-state index in [0.29, 0.717) is 6.42 Å². The van der Waals surface area contributed by atoms with Crippen LogP contribution in [0.15, 0.2) is 4.99 Å². The Kier molecular flexibility index (Phi) is 12.8. The van der Waals surface area contributed by atoms with Gasteiger partial charge in [-0.3, -0.25) is 19.4 Å². The van der Waals surface area contributed by atoms with E-state index >= 15 is 0 Å². The second-order valence-corrected chi connectivity index (χ2v) is 7.11. The van der Waals surface area contributed by atoms with Crippen molar-refractivity contribution in [2.75, 3.05) is 19.8 Å². The second kappa shape index (κ2) is 14.1. The van der Waals surface area contributed by atoms with Crippen molar-refractivity contribution in [3.05, 3.63) is 0 Å². The number of aliphatic hydroxyl groups excluding tert-OH is 2. The molecule has 0 aromatic rings. The van der Waals surface area contributed by atoms with Gasteiger partial charge in [-0.25, -0.2) is 4.79 Å². The molecule has 3 amide bonds. The number of guanidine groups is 1. The zero-order valence-electron chi connectivity index (χ0n) is 17.6. The molecule has 0 radical (unpaired) electrons. The quantitative estimate of drug-likeness (QED) is 0.0700. The second-order valence-electron chi connectivity index (χ2n) is 7.11. The number of carboxylic acids is 1. The number of carbonyl (C=O) groups excluding carboxylic acids is 3. The standard InChI is InChI=1S/C17H33N7O7/c1-8(2)12(18)15(29)22-9(4-3-5-21-17(19)20)13(27)23-10(6-25)14(28)24-11(7-26)16(30)31/h8-12,25-26H,3-7,18H2,1-2H3,(H,22,29)(H,23,27)(H,24,28)(H,30,31)(H4,19,20,21). The van der Waals surface area contributed by atoms with E-state index < -0.39 is 61.1 Å². The number of amides is 3. The highest BCUT2D eigenvalue weighted by molar-refractivity contribution is 5.94. The van der Waals surface area contributed by atoms with Crippen molar-refractivity contribution in [1.82, 2.24) is 16.0 Å². The average Bonchev–Trinajstić information content (AvgIpc) is 2.70. The molecular formula is C17H33N7O7. The Hall–Kier alpha value is -2.97. The predicted molar refractivity (Wildman–Crippen MR) is 110 cm³/mol. The number of nitrogens with zero attached hydrogens (tertiary/aromatic N) is 1. The van der Waals surface area contributed by atoms with E-state index in [1.165, 1.54) is 0 Å². The molecular weight excluding hydrogens is 414 g/mol. The van der Waals surface area contributed by atoms with Gasteiger partial charge in [-0.2, -0.15) is 0 Å². The highest BCUT2D eigenvalue weighted by Gasteiger charge is 2.30. The van der Waals surface area contributed by atoms with Crippen LogP contribution in [0.2, 0.25) is 0 Å². The van der Waals surface area contributed by atoms with E-state index in [-0.39, 0.29) is 24.8 Å². The van der Waals surface area contributed by atoms with Gasteiger partial charge in [-0.1, -0.05) is 13.8 Å². The van der Waals surface area contributed by atoms with Gasteiger partial charge in [0, 0.05) is 6.54 Å². The van der Waals surface area contributed by atoms with Crippen molar-refractivity contribution in [3.8, 4) is 0 Å². The first kappa shape index (κ1) is 28.0. The van der Waals surface area contributed by atoms with Gasteiger partial charge in [0.1, 0.15) is 18.1 Å². The van der Waals surface area contributed by atoms with Crippen molar-refractivity contribution in [2.24, 2.45) is 28.1 Å². The topological polar surface area (TPSA) is 255 Å². The Bertz CT molecular complexity index is 653. The maximum absolute atomic E-state index is 12.7. The molecule has 0 aliphatic carbocycles. The van der Waals surface area contributed by atoms with E-state index in [0.717, 1.165) is 0 Å². The molecule has 14 nitrogen and oxygen atoms in total. The molecule has 0 aliphatic rings. The molecule has 0 aromatic carbocycles. The largest absolute Gasteiger partial charge is 0.480 e. The number of rotatable bonds is 14. The third-order valence-electron chi connectivity index (χ3n) is 4.21. The van der Waals surface area contributed by atoms with Gasteiger partial charge in [0.2, 0.25) is 17.7 Å². The summed E-state index contributed by atoms with van der Waals surface area (Å²) in [6.07, 6.45) is 0.391. The summed E-state index contributed by atoms with van der Waals surface area (Å²) in [4.78, 5) is 51.8. The number of nitrogens with one attached hydrogen (secondary N) is 3. The average molecular weight is 447 g/mol. The number of hydrogen-bond donors (Lipinski definition) is 9. The summed E-state index contributed by atoms with van der Waals surface area (Å²) < 4.78 is 0. The van der Waals surface area contributed by atoms with E-state index in [9.17, 15) is 24.3 Å². The van der Waals surface area contributed by atoms with Crippen LogP contribution in [0.1, 0.15) is 26.7 Å². The summed E-state index contributed by atoms with van der Waals surface area (Å²) in [6.45, 7) is 1.90. The van der Waals surface area contributed by atoms with Crippen LogP contribution < -0.4 is 33.2 Å². The predicted octanol–water partition coefficient (Wildman–Crippen LogP) is -4.45. The monoisotopic (exact) mass is 447 g/mol. The molecule has 0 saturated carbocycles. The number of hydrogen-bond acceptors (Lipinski definition) is 8. The molecule has 0 rings (SSSR count). The number of nitrogens with two attached hydrogens (primary N) is 3. The zero-order valence-corrected chi connectivity index (χ0v) is 17.6. The van der Waals surface area contributed by atoms with Crippen LogP contribution in [0.3, 0.4) is 0 Å². The molecule has 0 spiro atoms. The summed E-state index contributed by atoms with van der Waals surface area (Å²) in [7, 11) is 0. The molecule has 0 aliphatic heterocycles. The Labute approximate surface area is 179 Å². The fourth-order valence-corrected chi connectivity index (χ4v) is 2.27. The van der Waals surface area contributed by atoms with E-state index in [1.807, 2.05) is 5.32 Å². The molecule has 12 N–H and O–H groups in total. The van der Waals surface area contributed by atoms with Crippen LogP contribution in [0, 0.1) is 5.92 Å². The lowest BCUT2D eigenvalue weighted by molar-refractivity contribution is -0.143. The van der Waals surface area contributed by atoms with Crippen LogP contribution in [-0.2, 0) is 19.2 Å². The van der Waals surface area contributed by atoms with Crippen molar-refractivity contribution in [2.45, 2.75) is 50.9 Å². The number of aliphatic imine (C=N–C) groups is 1. The van der Waals surface area contributed by atoms with Gasteiger partial charge < -0.3 is 48.5 Å². The number of carbonyl (C=O) groups is 4. The third kappa shape index (κ3) is 10.6. The van der Waals surface area contributed by atoms with E-state index in [2.05, 4.69) is 15.6 Å². The maximum atomic E-state index is 12.7. The number of aliphatic hydroxyl groups is 2. The Balaban J connectivity index is 5.27. The molecule has 0 fully saturated rings. The van der Waals surface area contributed by atoms with Crippen LogP contribution >= 0.6 is 0 Å². The van der Waals surface area contributed by atoms with Crippen LogP contribution in [0.4, 0.5) is 0 Å². The minimum Gasteiger partial charge on any atom is -0.480 e. The first-order chi connectivity index (χ1) is 14.4. The normalized spacial score (nSPS) is 14.6. The van der Waals surface area contributed by atoms with Gasteiger partial charge in [0.25, 0.3) is 0 Å². The molecule has 4 atom stereocenters. The third-order valence-corrected chi connectivity index (χ3v) is 4.21. The SMILES string of the molecule is CC(C)C(N)C(=O)NC(CCCN=C(N)N)C(=O)NC(CO)C(=O)NC(CO)C(=O)O. The first-order valence-electron chi connectivity index (χ1n) is 9.61. The Morgan fingerprint density at radius 3 is 1.81 bits per heavy atom. The fourth-order valence-electron chi connectivity index (χ4n) is 2.27. The zero-order chi connectivity index (χ0) is 24.1. The minimum atomic E-state index is -1.61. The van der Waals surface area contributed by atoms with Gasteiger partial charge in [0.15, 0.2) is 5.96 Å². The van der Waals surface area contributed by atoms with E-state index in [4.69, 9.17) is 27.4 Å². The highest BCUT2D eigenvalue weighted by atomic mass is 16.4. The van der Waals surface area contributed by atoms with Gasteiger partial charge in [0.05, 0.1) is 19.3 Å². The summed E-state index contributed by atoms with van der Waals surface area (Å²) in [5.74, 6) is -4.26. The molecule has 0 heterocycles. The summed E-state index contributed by atoms with van der Waals surface area (Å²) in [5, 5.41) is 34.0. The van der Waals surface area contributed by atoms with Crippen LogP contribution in [-0.4, -0.2) is 88.9 Å². The van der Waals surface area contributed by atoms with Crippen molar-refractivity contribution >= 4 is 29.7 Å². The summed E-state index contributed by atoms with van der Waals surface area (Å²) in [5.41, 5.74) is 16.3. The maximum Gasteiger partial charge on any atom is 0.328 e. The van der Waals surface area contributed by atoms with Crippen molar-refractivity contribution < 1.29 is 34.5 Å². The minimum absolute atomic E-state index is 0.0906. The lowest BCUT2D eigenvalue weighted by atomic mass is 10.0. The summed E-state index contributed by atoms with van der Waals surface area (Å²) >= 11 is 0. The van der Waals surface area contributed by atoms with Gasteiger partial charge in [-0.15, -0.1) is 0 Å². The smallest absolute Gasteiger partial charge is 0.328 e. The van der Waals surface area contributed by atoms with Crippen molar-refractivity contribution in [3.63, 3.8) is 0 Å². The first-order valence-corrected chi connectivity index (χ1v) is 9.61.